The Morgan fingerprint density at radius 3 is 2.23 bits per heavy atom. The lowest BCUT2D eigenvalue weighted by atomic mass is 9.87. The number of nitrogens with zero attached hydrogens (tertiary/aromatic N) is 3. The van der Waals surface area contributed by atoms with E-state index in [1.54, 1.807) is 33.6 Å². The van der Waals surface area contributed by atoms with Crippen molar-refractivity contribution >= 4 is 5.95 Å². The van der Waals surface area contributed by atoms with Gasteiger partial charge in [0.1, 0.15) is 0 Å². The van der Waals surface area contributed by atoms with E-state index < -0.39 is 0 Å². The number of rotatable bonds is 6. The van der Waals surface area contributed by atoms with Crippen molar-refractivity contribution in [2.24, 2.45) is 5.92 Å². The van der Waals surface area contributed by atoms with E-state index >= 15 is 0 Å². The largest absolute Gasteiger partial charge is 0.481 e. The van der Waals surface area contributed by atoms with Crippen LogP contribution in [0.15, 0.2) is 18.3 Å². The fraction of sp³-hybridized carbons (Fsp3) is 0.526. The summed E-state index contributed by atoms with van der Waals surface area (Å²) >= 11 is 0. The maximum atomic E-state index is 5.50. The normalized spacial score (nSPS) is 19.7. The summed E-state index contributed by atoms with van der Waals surface area (Å²) in [5.74, 6) is 2.80. The lowest BCUT2D eigenvalue weighted by Gasteiger charge is -2.27. The first-order valence-electron chi connectivity index (χ1n) is 8.91. The molecule has 0 spiro atoms. The monoisotopic (exact) mass is 358 g/mol. The number of hydrogen-bond acceptors (Lipinski definition) is 7. The molecule has 0 amide bonds. The van der Waals surface area contributed by atoms with Crippen molar-refractivity contribution < 1.29 is 14.2 Å². The minimum Gasteiger partial charge on any atom is -0.481 e. The summed E-state index contributed by atoms with van der Waals surface area (Å²) in [5, 5.41) is 3.43. The van der Waals surface area contributed by atoms with Crippen molar-refractivity contribution in [2.75, 3.05) is 26.6 Å². The fourth-order valence-corrected chi connectivity index (χ4v) is 3.26. The van der Waals surface area contributed by atoms with Crippen molar-refractivity contribution in [3.05, 3.63) is 18.3 Å². The van der Waals surface area contributed by atoms with Crippen LogP contribution in [0.25, 0.3) is 11.1 Å². The van der Waals surface area contributed by atoms with Crippen LogP contribution in [-0.4, -0.2) is 42.3 Å². The highest BCUT2D eigenvalue weighted by Gasteiger charge is 2.20. The number of hydrogen-bond donors (Lipinski definition) is 1. The molecule has 1 N–H and O–H groups in total. The number of nitrogens with one attached hydrogen (secondary N) is 1. The maximum absolute atomic E-state index is 5.50. The minimum atomic E-state index is 0.416. The van der Waals surface area contributed by atoms with E-state index in [1.165, 1.54) is 12.8 Å². The highest BCUT2D eigenvalue weighted by molar-refractivity contribution is 5.73. The quantitative estimate of drug-likeness (QED) is 0.846. The van der Waals surface area contributed by atoms with Gasteiger partial charge in [0.25, 0.3) is 0 Å². The van der Waals surface area contributed by atoms with Crippen LogP contribution in [0, 0.1) is 5.92 Å². The molecule has 1 fully saturated rings. The topological polar surface area (TPSA) is 78.4 Å². The molecule has 0 atom stereocenters. The Kier molecular flexibility index (Phi) is 5.75. The lowest BCUT2D eigenvalue weighted by molar-refractivity contribution is 0.359. The molecule has 2 aromatic rings. The molecule has 0 aliphatic heterocycles. The first-order chi connectivity index (χ1) is 12.6. The molecule has 0 bridgehead atoms. The Labute approximate surface area is 154 Å². The van der Waals surface area contributed by atoms with E-state index in [2.05, 4.69) is 27.2 Å². The van der Waals surface area contributed by atoms with Gasteiger partial charge in [-0.1, -0.05) is 6.92 Å². The highest BCUT2D eigenvalue weighted by Crippen LogP contribution is 2.35. The zero-order valence-electron chi connectivity index (χ0n) is 15.8. The molecule has 1 aliphatic rings. The van der Waals surface area contributed by atoms with Crippen molar-refractivity contribution in [1.82, 2.24) is 15.0 Å². The van der Waals surface area contributed by atoms with Gasteiger partial charge in [-0.3, -0.25) is 0 Å². The smallest absolute Gasteiger partial charge is 0.226 e. The molecule has 1 aliphatic carbocycles. The van der Waals surface area contributed by atoms with Gasteiger partial charge < -0.3 is 19.5 Å². The molecule has 0 unspecified atom stereocenters. The van der Waals surface area contributed by atoms with Gasteiger partial charge in [-0.2, -0.15) is 9.97 Å². The third kappa shape index (κ3) is 3.98. The summed E-state index contributed by atoms with van der Waals surface area (Å²) in [6.45, 7) is 2.31. The highest BCUT2D eigenvalue weighted by atomic mass is 16.5. The Bertz CT molecular complexity index is 746. The zero-order valence-corrected chi connectivity index (χ0v) is 15.8. The molecule has 140 valence electrons. The van der Waals surface area contributed by atoms with Crippen molar-refractivity contribution in [3.63, 3.8) is 0 Å². The number of anilines is 1. The molecule has 26 heavy (non-hydrogen) atoms. The molecular formula is C19H26N4O3. The molecule has 0 saturated heterocycles. The van der Waals surface area contributed by atoms with Gasteiger partial charge in [0.2, 0.25) is 23.6 Å². The summed E-state index contributed by atoms with van der Waals surface area (Å²) in [6, 6.07) is 4.05. The van der Waals surface area contributed by atoms with E-state index in [-0.39, 0.29) is 0 Å². The predicted octanol–water partition coefficient (Wildman–Crippen LogP) is 3.56. The maximum Gasteiger partial charge on any atom is 0.226 e. The zero-order chi connectivity index (χ0) is 18.5. The average Bonchev–Trinajstić information content (AvgIpc) is 2.69. The van der Waals surface area contributed by atoms with Crippen LogP contribution in [0.4, 0.5) is 5.95 Å². The number of aromatic nitrogens is 3. The van der Waals surface area contributed by atoms with Crippen LogP contribution < -0.4 is 19.5 Å². The van der Waals surface area contributed by atoms with Gasteiger partial charge in [0.05, 0.1) is 32.5 Å². The third-order valence-corrected chi connectivity index (χ3v) is 4.82. The Morgan fingerprint density at radius 1 is 0.885 bits per heavy atom. The summed E-state index contributed by atoms with van der Waals surface area (Å²) in [5.41, 5.74) is 1.48. The minimum absolute atomic E-state index is 0.416. The molecule has 1 saturated carbocycles. The van der Waals surface area contributed by atoms with Crippen LogP contribution >= 0.6 is 0 Å². The van der Waals surface area contributed by atoms with Crippen molar-refractivity contribution in [1.29, 1.82) is 0 Å². The Morgan fingerprint density at radius 2 is 1.58 bits per heavy atom. The molecule has 0 radical (unpaired) electrons. The van der Waals surface area contributed by atoms with Crippen LogP contribution in [-0.2, 0) is 0 Å². The SMILES string of the molecule is COc1ccc(-c2cnc(NC3CCC(C)CC3)nc2OC)c(OC)n1. The molecule has 2 aromatic heterocycles. The van der Waals surface area contributed by atoms with Crippen LogP contribution in [0.2, 0.25) is 0 Å². The second-order valence-corrected chi connectivity index (χ2v) is 6.63. The molecule has 0 aromatic carbocycles. The molecule has 7 heteroatoms. The first-order valence-corrected chi connectivity index (χ1v) is 8.91. The van der Waals surface area contributed by atoms with Crippen molar-refractivity contribution in [2.45, 2.75) is 38.6 Å². The predicted molar refractivity (Wildman–Crippen MR) is 100.0 cm³/mol. The van der Waals surface area contributed by atoms with Gasteiger partial charge in [-0.05, 0) is 37.7 Å². The standard InChI is InChI=1S/C19H26N4O3/c1-12-5-7-13(8-6-12)21-19-20-11-15(18(23-19)26-4)14-9-10-16(24-2)22-17(14)25-3/h9-13H,5-8H2,1-4H3,(H,20,21,23). The lowest BCUT2D eigenvalue weighted by Crippen LogP contribution is -2.26. The van der Waals surface area contributed by atoms with E-state index in [1.807, 2.05) is 6.07 Å². The number of ether oxygens (including phenoxy) is 3. The van der Waals surface area contributed by atoms with Crippen molar-refractivity contribution in [3.8, 4) is 28.8 Å². The van der Waals surface area contributed by atoms with Crippen LogP contribution in [0.1, 0.15) is 32.6 Å². The van der Waals surface area contributed by atoms with Gasteiger partial charge in [-0.15, -0.1) is 0 Å². The summed E-state index contributed by atoms with van der Waals surface area (Å²) in [7, 11) is 4.73. The summed E-state index contributed by atoms with van der Waals surface area (Å²) in [6.07, 6.45) is 6.50. The van der Waals surface area contributed by atoms with E-state index in [4.69, 9.17) is 14.2 Å². The Hall–Kier alpha value is -2.57. The van der Waals surface area contributed by atoms with Gasteiger partial charge in [0.15, 0.2) is 0 Å². The first kappa shape index (κ1) is 18.2. The third-order valence-electron chi connectivity index (χ3n) is 4.82. The van der Waals surface area contributed by atoms with Gasteiger partial charge in [0, 0.05) is 18.3 Å². The fourth-order valence-electron chi connectivity index (χ4n) is 3.26. The molecule has 3 rings (SSSR count). The molecule has 7 nitrogen and oxygen atoms in total. The van der Waals surface area contributed by atoms with Gasteiger partial charge >= 0.3 is 0 Å². The van der Waals surface area contributed by atoms with Crippen LogP contribution in [0.5, 0.6) is 17.6 Å². The summed E-state index contributed by atoms with van der Waals surface area (Å²) in [4.78, 5) is 13.3. The van der Waals surface area contributed by atoms with Crippen LogP contribution in [0.3, 0.4) is 0 Å². The second kappa shape index (κ2) is 8.21. The number of pyridine rings is 1. The summed E-state index contributed by atoms with van der Waals surface area (Å²) < 4.78 is 16.0. The van der Waals surface area contributed by atoms with Gasteiger partial charge in [-0.25, -0.2) is 4.98 Å². The number of methoxy groups -OCH3 is 3. The average molecular weight is 358 g/mol. The Balaban J connectivity index is 1.85. The molecular weight excluding hydrogens is 332 g/mol. The van der Waals surface area contributed by atoms with E-state index in [0.29, 0.717) is 29.6 Å². The second-order valence-electron chi connectivity index (χ2n) is 6.63. The molecule has 2 heterocycles. The van der Waals surface area contributed by atoms with E-state index in [9.17, 15) is 0 Å². The van der Waals surface area contributed by atoms with E-state index in [0.717, 1.165) is 29.9 Å².